The van der Waals surface area contributed by atoms with E-state index in [1.165, 1.54) is 4.90 Å². The molecule has 36 heavy (non-hydrogen) atoms. The van der Waals surface area contributed by atoms with Crippen LogP contribution in [0.5, 0.6) is 0 Å². The molecular weight excluding hydrogens is 454 g/mol. The summed E-state index contributed by atoms with van der Waals surface area (Å²) in [5.41, 5.74) is 1.47. The number of carbonyl (C=O) groups excluding carboxylic acids is 2. The molecule has 1 N–H and O–H groups in total. The summed E-state index contributed by atoms with van der Waals surface area (Å²) in [6.45, 7) is 5.88. The zero-order chi connectivity index (χ0) is 25.6. The SMILES string of the molecule is CCOC(=O)[C@@]12CC(c3ccc(C)cc3)(c3ccc(C)cc3)O[C@]1(O)CN(Cc1ccccc1)C2=O. The average Bonchev–Trinajstić information content (AvgIpc) is 3.26. The van der Waals surface area contributed by atoms with E-state index in [-0.39, 0.29) is 26.1 Å². The molecule has 2 heterocycles. The minimum absolute atomic E-state index is 0.0639. The number of likely N-dealkylation sites (tertiary alicyclic amines) is 1. The van der Waals surface area contributed by atoms with Crippen LogP contribution in [-0.4, -0.2) is 40.8 Å². The third-order valence-corrected chi connectivity index (χ3v) is 7.46. The molecule has 186 valence electrons. The summed E-state index contributed by atoms with van der Waals surface area (Å²) < 4.78 is 12.1. The third kappa shape index (κ3) is 3.64. The first kappa shape index (κ1) is 24.2. The Hall–Kier alpha value is -3.48. The number of fused-ring (bicyclic) bond motifs is 1. The van der Waals surface area contributed by atoms with Gasteiger partial charge in [-0.25, -0.2) is 0 Å². The number of aryl methyl sites for hydroxylation is 2. The molecule has 0 saturated carbocycles. The molecule has 2 atom stereocenters. The van der Waals surface area contributed by atoms with Gasteiger partial charge < -0.3 is 19.5 Å². The Bertz CT molecular complexity index is 1230. The van der Waals surface area contributed by atoms with Gasteiger partial charge in [-0.2, -0.15) is 0 Å². The number of β-amino-alcohol motifs (C(OH)–C–C–N with tert-alkyl or cyclic N) is 1. The molecule has 2 aliphatic rings. The van der Waals surface area contributed by atoms with E-state index in [4.69, 9.17) is 9.47 Å². The number of nitrogens with zero attached hydrogens (tertiary/aromatic N) is 1. The van der Waals surface area contributed by atoms with E-state index in [1.807, 2.05) is 92.7 Å². The Kier molecular flexibility index (Phi) is 5.97. The van der Waals surface area contributed by atoms with Crippen molar-refractivity contribution in [3.8, 4) is 0 Å². The number of hydrogen-bond acceptors (Lipinski definition) is 5. The van der Waals surface area contributed by atoms with Gasteiger partial charge in [-0.05, 0) is 37.5 Å². The molecule has 0 aromatic heterocycles. The number of carbonyl (C=O) groups is 2. The van der Waals surface area contributed by atoms with Gasteiger partial charge in [-0.3, -0.25) is 9.59 Å². The van der Waals surface area contributed by atoms with Crippen molar-refractivity contribution < 1.29 is 24.2 Å². The monoisotopic (exact) mass is 485 g/mol. The Morgan fingerprint density at radius 3 is 2.03 bits per heavy atom. The fraction of sp³-hybridized carbons (Fsp3) is 0.333. The van der Waals surface area contributed by atoms with Crippen molar-refractivity contribution in [1.82, 2.24) is 4.90 Å². The first-order valence-electron chi connectivity index (χ1n) is 12.3. The molecule has 3 aromatic carbocycles. The van der Waals surface area contributed by atoms with Crippen LogP contribution in [0, 0.1) is 19.3 Å². The van der Waals surface area contributed by atoms with Gasteiger partial charge >= 0.3 is 5.97 Å². The zero-order valence-electron chi connectivity index (χ0n) is 20.9. The molecule has 3 aromatic rings. The van der Waals surface area contributed by atoms with Crippen molar-refractivity contribution in [3.05, 3.63) is 107 Å². The maximum Gasteiger partial charge on any atom is 0.327 e. The third-order valence-electron chi connectivity index (χ3n) is 7.46. The van der Waals surface area contributed by atoms with Crippen LogP contribution >= 0.6 is 0 Å². The average molecular weight is 486 g/mol. The van der Waals surface area contributed by atoms with E-state index >= 15 is 0 Å². The summed E-state index contributed by atoms with van der Waals surface area (Å²) >= 11 is 0. The molecule has 2 fully saturated rings. The molecule has 5 rings (SSSR count). The lowest BCUT2D eigenvalue weighted by Gasteiger charge is -2.34. The number of esters is 1. The lowest BCUT2D eigenvalue weighted by Crippen LogP contribution is -2.52. The number of rotatable bonds is 6. The van der Waals surface area contributed by atoms with E-state index in [0.717, 1.165) is 27.8 Å². The van der Waals surface area contributed by atoms with Crippen LogP contribution in [-0.2, 0) is 31.2 Å². The van der Waals surface area contributed by atoms with Crippen molar-refractivity contribution in [3.63, 3.8) is 0 Å². The molecular formula is C30H31NO5. The topological polar surface area (TPSA) is 76.1 Å². The predicted octanol–water partition coefficient (Wildman–Crippen LogP) is 4.25. The first-order valence-corrected chi connectivity index (χ1v) is 12.3. The largest absolute Gasteiger partial charge is 0.465 e. The number of ether oxygens (including phenoxy) is 2. The van der Waals surface area contributed by atoms with E-state index < -0.39 is 28.7 Å². The molecule has 2 aliphatic heterocycles. The highest BCUT2D eigenvalue weighted by Crippen LogP contribution is 2.61. The summed E-state index contributed by atoms with van der Waals surface area (Å²) in [5, 5.41) is 12.1. The van der Waals surface area contributed by atoms with Gasteiger partial charge in [0, 0.05) is 13.0 Å². The van der Waals surface area contributed by atoms with Crippen LogP contribution in [0.4, 0.5) is 0 Å². The Balaban J connectivity index is 1.65. The minimum atomic E-state index is -2.07. The van der Waals surface area contributed by atoms with Crippen molar-refractivity contribution >= 4 is 11.9 Å². The minimum Gasteiger partial charge on any atom is -0.465 e. The smallest absolute Gasteiger partial charge is 0.327 e. The Morgan fingerprint density at radius 1 is 0.944 bits per heavy atom. The highest BCUT2D eigenvalue weighted by atomic mass is 16.7. The van der Waals surface area contributed by atoms with Crippen LogP contribution in [0.25, 0.3) is 0 Å². The lowest BCUT2D eigenvalue weighted by molar-refractivity contribution is -0.239. The maximum absolute atomic E-state index is 14.1. The highest BCUT2D eigenvalue weighted by molar-refractivity contribution is 6.06. The van der Waals surface area contributed by atoms with Crippen molar-refractivity contribution in [2.24, 2.45) is 5.41 Å². The molecule has 0 unspecified atom stereocenters. The second-order valence-corrected chi connectivity index (χ2v) is 9.89. The molecule has 6 nitrogen and oxygen atoms in total. The highest BCUT2D eigenvalue weighted by Gasteiger charge is 2.78. The van der Waals surface area contributed by atoms with Crippen molar-refractivity contribution in [2.45, 2.75) is 45.1 Å². The standard InChI is InChI=1S/C30H31NO5/c1-4-35-27(33)28-19-29(24-14-10-21(2)11-15-24,25-16-12-22(3)13-17-25)36-30(28,34)20-31(26(28)32)18-23-8-6-5-7-9-23/h5-17,34H,4,18-20H2,1-3H3/t28-,30+/m0/s1. The summed E-state index contributed by atoms with van der Waals surface area (Å²) in [6.07, 6.45) is -0.0639. The van der Waals surface area contributed by atoms with E-state index in [9.17, 15) is 14.7 Å². The normalized spacial score (nSPS) is 24.6. The van der Waals surface area contributed by atoms with E-state index in [2.05, 4.69) is 0 Å². The molecule has 0 aliphatic carbocycles. The fourth-order valence-corrected chi connectivity index (χ4v) is 5.57. The summed E-state index contributed by atoms with van der Waals surface area (Å²) in [4.78, 5) is 29.2. The molecule has 6 heteroatoms. The molecule has 2 saturated heterocycles. The molecule has 0 bridgehead atoms. The number of amides is 1. The summed E-state index contributed by atoms with van der Waals surface area (Å²) in [5.74, 6) is -3.30. The van der Waals surface area contributed by atoms with Crippen molar-refractivity contribution in [2.75, 3.05) is 13.2 Å². The van der Waals surface area contributed by atoms with Crippen LogP contribution in [0.3, 0.4) is 0 Å². The van der Waals surface area contributed by atoms with Crippen LogP contribution in [0.1, 0.15) is 41.2 Å². The van der Waals surface area contributed by atoms with Gasteiger partial charge in [-0.1, -0.05) is 90.0 Å². The second kappa shape index (κ2) is 8.87. The van der Waals surface area contributed by atoms with Gasteiger partial charge in [0.25, 0.3) is 0 Å². The molecule has 0 spiro atoms. The predicted molar refractivity (Wildman–Crippen MR) is 135 cm³/mol. The summed E-state index contributed by atoms with van der Waals surface area (Å²) in [7, 11) is 0. The van der Waals surface area contributed by atoms with Gasteiger partial charge in [0.15, 0.2) is 0 Å². The van der Waals surface area contributed by atoms with Gasteiger partial charge in [0.2, 0.25) is 17.1 Å². The molecule has 1 amide bonds. The second-order valence-electron chi connectivity index (χ2n) is 9.89. The van der Waals surface area contributed by atoms with Crippen molar-refractivity contribution in [1.29, 1.82) is 0 Å². The quantitative estimate of drug-likeness (QED) is 0.417. The zero-order valence-corrected chi connectivity index (χ0v) is 20.9. The number of benzene rings is 3. The van der Waals surface area contributed by atoms with Gasteiger partial charge in [-0.15, -0.1) is 0 Å². The Morgan fingerprint density at radius 2 is 1.50 bits per heavy atom. The number of hydrogen-bond donors (Lipinski definition) is 1. The van der Waals surface area contributed by atoms with E-state index in [1.54, 1.807) is 6.92 Å². The first-order chi connectivity index (χ1) is 17.2. The fourth-order valence-electron chi connectivity index (χ4n) is 5.57. The molecule has 0 radical (unpaired) electrons. The Labute approximate surface area is 211 Å². The summed E-state index contributed by atoms with van der Waals surface area (Å²) in [6, 6.07) is 25.1. The van der Waals surface area contributed by atoms with Crippen LogP contribution in [0.2, 0.25) is 0 Å². The lowest BCUT2D eigenvalue weighted by atomic mass is 9.71. The maximum atomic E-state index is 14.1. The van der Waals surface area contributed by atoms with Crippen LogP contribution in [0.15, 0.2) is 78.9 Å². The van der Waals surface area contributed by atoms with Crippen LogP contribution < -0.4 is 0 Å². The van der Waals surface area contributed by atoms with Gasteiger partial charge in [0.1, 0.15) is 5.60 Å². The number of aliphatic hydroxyl groups is 1. The van der Waals surface area contributed by atoms with E-state index in [0.29, 0.717) is 0 Å². The van der Waals surface area contributed by atoms with Gasteiger partial charge in [0.05, 0.1) is 13.2 Å².